The van der Waals surface area contributed by atoms with Gasteiger partial charge in [-0.05, 0) is 36.8 Å². The van der Waals surface area contributed by atoms with E-state index in [1.165, 1.54) is 11.8 Å². The van der Waals surface area contributed by atoms with Crippen molar-refractivity contribution in [3.63, 3.8) is 0 Å². The molecule has 1 saturated heterocycles. The van der Waals surface area contributed by atoms with Crippen molar-refractivity contribution in [1.29, 1.82) is 0 Å². The minimum absolute atomic E-state index is 0.110. The molecule has 0 unspecified atom stereocenters. The van der Waals surface area contributed by atoms with Crippen molar-refractivity contribution in [1.82, 2.24) is 9.97 Å². The Hall–Kier alpha value is -3.46. The topological polar surface area (TPSA) is 79.8 Å². The van der Waals surface area contributed by atoms with Gasteiger partial charge in [0, 0.05) is 44.0 Å². The smallest absolute Gasteiger partial charge is 0.234 e. The third-order valence-corrected chi connectivity index (χ3v) is 6.56. The Morgan fingerprint density at radius 3 is 2.56 bits per heavy atom. The summed E-state index contributed by atoms with van der Waals surface area (Å²) in [7, 11) is 3.28. The molecule has 8 nitrogen and oxygen atoms in total. The van der Waals surface area contributed by atoms with E-state index >= 15 is 0 Å². The van der Waals surface area contributed by atoms with Crippen LogP contribution in [0, 0.1) is 6.92 Å². The van der Waals surface area contributed by atoms with E-state index < -0.39 is 0 Å². The zero-order valence-corrected chi connectivity index (χ0v) is 20.5. The van der Waals surface area contributed by atoms with Crippen LogP contribution in [-0.4, -0.2) is 62.0 Å². The molecule has 1 fully saturated rings. The molecule has 1 amide bonds. The number of aryl methyl sites for hydroxylation is 1. The summed E-state index contributed by atoms with van der Waals surface area (Å²) in [5.74, 6) is 2.52. The number of nitrogens with zero attached hydrogens (tertiary/aromatic N) is 4. The fraction of sp³-hybridized carbons (Fsp3) is 0.320. The second-order valence-electron chi connectivity index (χ2n) is 7.93. The molecule has 0 radical (unpaired) electrons. The number of piperazine rings is 1. The summed E-state index contributed by atoms with van der Waals surface area (Å²) in [6, 6.07) is 15.8. The van der Waals surface area contributed by atoms with Gasteiger partial charge >= 0.3 is 0 Å². The molecule has 3 aromatic rings. The summed E-state index contributed by atoms with van der Waals surface area (Å²) in [5, 5.41) is 3.70. The molecule has 2 heterocycles. The molecule has 1 aliphatic heterocycles. The van der Waals surface area contributed by atoms with Gasteiger partial charge in [0.05, 0.1) is 25.7 Å². The predicted octanol–water partition coefficient (Wildman–Crippen LogP) is 3.86. The van der Waals surface area contributed by atoms with Crippen molar-refractivity contribution < 1.29 is 14.3 Å². The third kappa shape index (κ3) is 5.91. The largest absolute Gasteiger partial charge is 0.497 e. The molecule has 0 spiro atoms. The van der Waals surface area contributed by atoms with Gasteiger partial charge in [-0.25, -0.2) is 9.97 Å². The molecule has 9 heteroatoms. The summed E-state index contributed by atoms with van der Waals surface area (Å²) >= 11 is 1.39. The minimum atomic E-state index is -0.110. The normalized spacial score (nSPS) is 13.5. The molecule has 0 aliphatic carbocycles. The monoisotopic (exact) mass is 479 g/mol. The van der Waals surface area contributed by atoms with Crippen LogP contribution >= 0.6 is 11.8 Å². The standard InChI is InChI=1S/C25H29N5O3S/c1-18-7-8-22(33-3)21(13-18)28-24(31)16-34-25-15-23(26-17-27-25)30-11-9-29(10-12-30)19-5-4-6-20(14-19)32-2/h4-8,13-15,17H,9-12,16H2,1-3H3,(H,28,31). The van der Waals surface area contributed by atoms with Gasteiger partial charge < -0.3 is 24.6 Å². The molecule has 1 aromatic heterocycles. The average Bonchev–Trinajstić information content (AvgIpc) is 2.88. The zero-order valence-electron chi connectivity index (χ0n) is 19.7. The van der Waals surface area contributed by atoms with Crippen LogP contribution in [0.5, 0.6) is 11.5 Å². The van der Waals surface area contributed by atoms with Crippen molar-refractivity contribution in [2.75, 3.05) is 61.3 Å². The summed E-state index contributed by atoms with van der Waals surface area (Å²) in [5.41, 5.74) is 2.88. The lowest BCUT2D eigenvalue weighted by molar-refractivity contribution is -0.113. The number of hydrogen-bond donors (Lipinski definition) is 1. The Balaban J connectivity index is 1.32. The van der Waals surface area contributed by atoms with Crippen LogP contribution in [0.3, 0.4) is 0 Å². The van der Waals surface area contributed by atoms with Gasteiger partial charge in [-0.1, -0.05) is 23.9 Å². The van der Waals surface area contributed by atoms with Gasteiger partial charge in [0.15, 0.2) is 0 Å². The van der Waals surface area contributed by atoms with Crippen LogP contribution in [0.15, 0.2) is 59.9 Å². The predicted molar refractivity (Wildman–Crippen MR) is 137 cm³/mol. The van der Waals surface area contributed by atoms with Crippen molar-refractivity contribution in [2.45, 2.75) is 11.9 Å². The van der Waals surface area contributed by atoms with Crippen molar-refractivity contribution in [3.05, 3.63) is 60.4 Å². The van der Waals surface area contributed by atoms with Gasteiger partial charge in [-0.15, -0.1) is 0 Å². The molecule has 0 atom stereocenters. The molecule has 4 rings (SSSR count). The highest BCUT2D eigenvalue weighted by atomic mass is 32.2. The number of thioether (sulfide) groups is 1. The molecule has 0 saturated carbocycles. The molecule has 1 N–H and O–H groups in total. The Morgan fingerprint density at radius 2 is 1.79 bits per heavy atom. The second kappa shape index (κ2) is 11.1. The fourth-order valence-electron chi connectivity index (χ4n) is 3.83. The first-order valence-corrected chi connectivity index (χ1v) is 12.1. The minimum Gasteiger partial charge on any atom is -0.497 e. The number of amides is 1. The first kappa shape index (κ1) is 23.7. The van der Waals surface area contributed by atoms with Crippen LogP contribution in [0.1, 0.15) is 5.56 Å². The zero-order chi connectivity index (χ0) is 23.9. The fourth-order valence-corrected chi connectivity index (χ4v) is 4.49. The highest BCUT2D eigenvalue weighted by Gasteiger charge is 2.19. The highest BCUT2D eigenvalue weighted by Crippen LogP contribution is 2.27. The molecule has 1 aliphatic rings. The van der Waals surface area contributed by atoms with E-state index in [1.807, 2.05) is 43.3 Å². The van der Waals surface area contributed by atoms with Crippen LogP contribution in [0.4, 0.5) is 17.2 Å². The SMILES string of the molecule is COc1cccc(N2CCN(c3cc(SCC(=O)Nc4cc(C)ccc4OC)ncn3)CC2)c1. The lowest BCUT2D eigenvalue weighted by Crippen LogP contribution is -2.46. The van der Waals surface area contributed by atoms with Gasteiger partial charge in [0.2, 0.25) is 5.91 Å². The number of methoxy groups -OCH3 is 2. The van der Waals surface area contributed by atoms with E-state index in [1.54, 1.807) is 20.5 Å². The Kier molecular flexibility index (Phi) is 7.74. The first-order chi connectivity index (χ1) is 16.6. The van der Waals surface area contributed by atoms with Crippen LogP contribution in [-0.2, 0) is 4.79 Å². The van der Waals surface area contributed by atoms with Gasteiger partial charge in [0.1, 0.15) is 28.7 Å². The lowest BCUT2D eigenvalue weighted by Gasteiger charge is -2.36. The van der Waals surface area contributed by atoms with Crippen LogP contribution in [0.25, 0.3) is 0 Å². The van der Waals surface area contributed by atoms with Crippen LogP contribution < -0.4 is 24.6 Å². The number of carbonyl (C=O) groups is 1. The maximum absolute atomic E-state index is 12.5. The van der Waals surface area contributed by atoms with Gasteiger partial charge in [-0.3, -0.25) is 4.79 Å². The Morgan fingerprint density at radius 1 is 1.00 bits per heavy atom. The molecule has 2 aromatic carbocycles. The van der Waals surface area contributed by atoms with Crippen LogP contribution in [0.2, 0.25) is 0 Å². The molecular formula is C25H29N5O3S. The van der Waals surface area contributed by atoms with E-state index in [-0.39, 0.29) is 11.7 Å². The lowest BCUT2D eigenvalue weighted by atomic mass is 10.2. The number of ether oxygens (including phenoxy) is 2. The highest BCUT2D eigenvalue weighted by molar-refractivity contribution is 7.99. The number of benzene rings is 2. The number of rotatable bonds is 8. The first-order valence-electron chi connectivity index (χ1n) is 11.1. The number of nitrogens with one attached hydrogen (secondary N) is 1. The number of aromatic nitrogens is 2. The van der Waals surface area contributed by atoms with Gasteiger partial charge in [-0.2, -0.15) is 0 Å². The van der Waals surface area contributed by atoms with E-state index in [0.717, 1.165) is 54.0 Å². The molecule has 0 bridgehead atoms. The molecule has 178 valence electrons. The maximum atomic E-state index is 12.5. The average molecular weight is 480 g/mol. The molecule has 34 heavy (non-hydrogen) atoms. The van der Waals surface area contributed by atoms with Crippen molar-refractivity contribution in [2.24, 2.45) is 0 Å². The quantitative estimate of drug-likeness (QED) is 0.385. The summed E-state index contributed by atoms with van der Waals surface area (Å²) in [4.78, 5) is 25.9. The van der Waals surface area contributed by atoms with Crippen molar-refractivity contribution >= 4 is 34.9 Å². The number of carbonyl (C=O) groups excluding carboxylic acids is 1. The number of anilines is 3. The summed E-state index contributed by atoms with van der Waals surface area (Å²) in [6.45, 7) is 5.46. The van der Waals surface area contributed by atoms with E-state index in [0.29, 0.717) is 11.4 Å². The van der Waals surface area contributed by atoms with Crippen molar-refractivity contribution in [3.8, 4) is 11.5 Å². The molecular weight excluding hydrogens is 450 g/mol. The second-order valence-corrected chi connectivity index (χ2v) is 8.93. The Labute approximate surface area is 204 Å². The maximum Gasteiger partial charge on any atom is 0.234 e. The summed E-state index contributed by atoms with van der Waals surface area (Å²) < 4.78 is 10.7. The van der Waals surface area contributed by atoms with E-state index in [9.17, 15) is 4.79 Å². The summed E-state index contributed by atoms with van der Waals surface area (Å²) in [6.07, 6.45) is 1.56. The van der Waals surface area contributed by atoms with E-state index in [2.05, 4.69) is 37.2 Å². The van der Waals surface area contributed by atoms with E-state index in [4.69, 9.17) is 9.47 Å². The third-order valence-electron chi connectivity index (χ3n) is 5.63. The Bertz CT molecular complexity index is 1140. The number of hydrogen-bond acceptors (Lipinski definition) is 8. The van der Waals surface area contributed by atoms with Gasteiger partial charge in [0.25, 0.3) is 0 Å².